The van der Waals surface area contributed by atoms with Crippen LogP contribution in [0, 0.1) is 5.92 Å². The van der Waals surface area contributed by atoms with Gasteiger partial charge in [-0.3, -0.25) is 0 Å². The molecule has 1 atom stereocenters. The van der Waals surface area contributed by atoms with E-state index in [0.29, 0.717) is 4.83 Å². The van der Waals surface area contributed by atoms with Crippen molar-refractivity contribution in [2.45, 2.75) is 18.7 Å². The summed E-state index contributed by atoms with van der Waals surface area (Å²) in [6.07, 6.45) is 0. The van der Waals surface area contributed by atoms with Crippen molar-refractivity contribution in [1.29, 1.82) is 0 Å². The van der Waals surface area contributed by atoms with E-state index in [1.807, 2.05) is 0 Å². The van der Waals surface area contributed by atoms with Gasteiger partial charge in [0.15, 0.2) is 0 Å². The van der Waals surface area contributed by atoms with Crippen LogP contribution >= 0.6 is 31.9 Å². The molecule has 1 unspecified atom stereocenters. The van der Waals surface area contributed by atoms with E-state index in [2.05, 4.69) is 51.0 Å². The predicted octanol–water partition coefficient (Wildman–Crippen LogP) is 2.39. The van der Waals surface area contributed by atoms with Gasteiger partial charge >= 0.3 is 0 Å². The van der Waals surface area contributed by atoms with Crippen molar-refractivity contribution < 1.29 is 0 Å². The second kappa shape index (κ2) is 6.62. The summed E-state index contributed by atoms with van der Waals surface area (Å²) >= 11 is 6.91. The molecule has 0 aliphatic heterocycles. The van der Waals surface area contributed by atoms with Crippen LogP contribution in [0.5, 0.6) is 0 Å². The van der Waals surface area contributed by atoms with Crippen LogP contribution in [0.2, 0.25) is 0 Å². The molecule has 0 aliphatic carbocycles. The first kappa shape index (κ1) is 10.9. The van der Waals surface area contributed by atoms with Crippen LogP contribution in [0.15, 0.2) is 0 Å². The number of rotatable bonds is 5. The van der Waals surface area contributed by atoms with Gasteiger partial charge in [0.25, 0.3) is 0 Å². The Balaban J connectivity index is 3.03. The minimum Gasteiger partial charge on any atom is -0.315 e. The summed E-state index contributed by atoms with van der Waals surface area (Å²) in [5.74, 6) is 0.745. The standard InChI is InChI=1S/C7H15Br2N/c1-6(2)4-10-5-7(9)3-8/h6-7,10H,3-5H2,1-2H3. The lowest BCUT2D eigenvalue weighted by molar-refractivity contribution is 0.556. The van der Waals surface area contributed by atoms with Crippen molar-refractivity contribution in [3.8, 4) is 0 Å². The van der Waals surface area contributed by atoms with Crippen molar-refractivity contribution in [3.63, 3.8) is 0 Å². The average molecular weight is 273 g/mol. The van der Waals surface area contributed by atoms with E-state index in [1.165, 1.54) is 0 Å². The molecule has 0 bridgehead atoms. The zero-order valence-electron chi connectivity index (χ0n) is 6.53. The molecule has 62 valence electrons. The highest BCUT2D eigenvalue weighted by atomic mass is 79.9. The fourth-order valence-corrected chi connectivity index (χ4v) is 1.04. The summed E-state index contributed by atoms with van der Waals surface area (Å²) in [7, 11) is 0. The van der Waals surface area contributed by atoms with Gasteiger partial charge in [0.05, 0.1) is 0 Å². The summed E-state index contributed by atoms with van der Waals surface area (Å²) in [6.45, 7) is 6.58. The Morgan fingerprint density at radius 3 is 2.30 bits per heavy atom. The highest BCUT2D eigenvalue weighted by molar-refractivity contribution is 9.12. The normalized spacial score (nSPS) is 14.1. The molecule has 0 heterocycles. The van der Waals surface area contributed by atoms with Gasteiger partial charge < -0.3 is 5.32 Å². The lowest BCUT2D eigenvalue weighted by atomic mass is 10.2. The number of hydrogen-bond acceptors (Lipinski definition) is 1. The number of halogens is 2. The van der Waals surface area contributed by atoms with Crippen molar-refractivity contribution in [3.05, 3.63) is 0 Å². The van der Waals surface area contributed by atoms with E-state index in [0.717, 1.165) is 24.3 Å². The van der Waals surface area contributed by atoms with Crippen molar-refractivity contribution in [2.24, 2.45) is 5.92 Å². The average Bonchev–Trinajstić information content (AvgIpc) is 1.87. The Labute approximate surface area is 80.2 Å². The van der Waals surface area contributed by atoms with E-state index >= 15 is 0 Å². The first-order valence-corrected chi connectivity index (χ1v) is 5.61. The second-order valence-corrected chi connectivity index (χ2v) is 4.75. The van der Waals surface area contributed by atoms with Gasteiger partial charge in [-0.25, -0.2) is 0 Å². The molecule has 0 spiro atoms. The maximum Gasteiger partial charge on any atom is 0.0367 e. The van der Waals surface area contributed by atoms with Gasteiger partial charge in [-0.1, -0.05) is 45.7 Å². The van der Waals surface area contributed by atoms with E-state index in [9.17, 15) is 0 Å². The zero-order valence-corrected chi connectivity index (χ0v) is 9.70. The van der Waals surface area contributed by atoms with Crippen molar-refractivity contribution in [1.82, 2.24) is 5.32 Å². The largest absolute Gasteiger partial charge is 0.315 e. The van der Waals surface area contributed by atoms with Crippen molar-refractivity contribution >= 4 is 31.9 Å². The summed E-state index contributed by atoms with van der Waals surface area (Å²) in [5.41, 5.74) is 0. The lowest BCUT2D eigenvalue weighted by Crippen LogP contribution is -2.27. The van der Waals surface area contributed by atoms with Crippen molar-refractivity contribution in [2.75, 3.05) is 18.4 Å². The van der Waals surface area contributed by atoms with Crippen LogP contribution in [-0.4, -0.2) is 23.2 Å². The quantitative estimate of drug-likeness (QED) is 0.758. The minimum absolute atomic E-state index is 0.561. The summed E-state index contributed by atoms with van der Waals surface area (Å²) in [4.78, 5) is 0.561. The van der Waals surface area contributed by atoms with E-state index in [-0.39, 0.29) is 0 Å². The summed E-state index contributed by atoms with van der Waals surface area (Å²) in [6, 6.07) is 0. The molecule has 10 heavy (non-hydrogen) atoms. The molecule has 0 fully saturated rings. The van der Waals surface area contributed by atoms with Crippen LogP contribution in [0.25, 0.3) is 0 Å². The fraction of sp³-hybridized carbons (Fsp3) is 1.00. The van der Waals surface area contributed by atoms with Gasteiger partial charge in [0, 0.05) is 16.7 Å². The first-order chi connectivity index (χ1) is 4.66. The second-order valence-electron chi connectivity index (χ2n) is 2.80. The molecule has 0 radical (unpaired) electrons. The maximum absolute atomic E-state index is 3.52. The molecule has 0 aromatic carbocycles. The van der Waals surface area contributed by atoms with E-state index in [1.54, 1.807) is 0 Å². The zero-order chi connectivity index (χ0) is 7.98. The molecule has 0 rings (SSSR count). The van der Waals surface area contributed by atoms with E-state index in [4.69, 9.17) is 0 Å². The Morgan fingerprint density at radius 1 is 1.30 bits per heavy atom. The van der Waals surface area contributed by atoms with Crippen LogP contribution in [0.1, 0.15) is 13.8 Å². The molecule has 0 aliphatic rings. The number of hydrogen-bond donors (Lipinski definition) is 1. The smallest absolute Gasteiger partial charge is 0.0367 e. The third kappa shape index (κ3) is 7.03. The Morgan fingerprint density at radius 2 is 1.90 bits per heavy atom. The van der Waals surface area contributed by atoms with Crippen LogP contribution < -0.4 is 5.32 Å². The molecule has 1 N–H and O–H groups in total. The highest BCUT2D eigenvalue weighted by Gasteiger charge is 2.00. The molecular formula is C7H15Br2N. The van der Waals surface area contributed by atoms with E-state index < -0.39 is 0 Å². The van der Waals surface area contributed by atoms with Crippen LogP contribution in [0.3, 0.4) is 0 Å². The number of alkyl halides is 2. The molecule has 0 aromatic rings. The summed E-state index contributed by atoms with van der Waals surface area (Å²) in [5, 5.41) is 4.37. The Bertz CT molecular complexity index is 76.0. The first-order valence-electron chi connectivity index (χ1n) is 3.57. The molecule has 0 aromatic heterocycles. The third-order valence-electron chi connectivity index (χ3n) is 1.09. The number of nitrogens with one attached hydrogen (secondary N) is 1. The van der Waals surface area contributed by atoms with Crippen LogP contribution in [0.4, 0.5) is 0 Å². The molecule has 0 saturated carbocycles. The Kier molecular flexibility index (Phi) is 7.23. The van der Waals surface area contributed by atoms with Gasteiger partial charge in [-0.15, -0.1) is 0 Å². The highest BCUT2D eigenvalue weighted by Crippen LogP contribution is 2.01. The predicted molar refractivity (Wildman–Crippen MR) is 54.2 cm³/mol. The van der Waals surface area contributed by atoms with Gasteiger partial charge in [0.2, 0.25) is 0 Å². The molecule has 1 nitrogen and oxygen atoms in total. The SMILES string of the molecule is CC(C)CNCC(Br)CBr. The van der Waals surface area contributed by atoms with Gasteiger partial charge in [0.1, 0.15) is 0 Å². The summed E-state index contributed by atoms with van der Waals surface area (Å²) < 4.78 is 0. The molecule has 0 amide bonds. The Hall–Kier alpha value is 0.920. The monoisotopic (exact) mass is 271 g/mol. The maximum atomic E-state index is 3.52. The van der Waals surface area contributed by atoms with Gasteiger partial charge in [-0.05, 0) is 12.5 Å². The lowest BCUT2D eigenvalue weighted by Gasteiger charge is -2.09. The molecule has 0 saturated heterocycles. The molecular weight excluding hydrogens is 258 g/mol. The van der Waals surface area contributed by atoms with Crippen LogP contribution in [-0.2, 0) is 0 Å². The molecule has 3 heteroatoms. The minimum atomic E-state index is 0.561. The third-order valence-corrected chi connectivity index (χ3v) is 3.38. The fourth-order valence-electron chi connectivity index (χ4n) is 0.583. The topological polar surface area (TPSA) is 12.0 Å². The van der Waals surface area contributed by atoms with Gasteiger partial charge in [-0.2, -0.15) is 0 Å².